The number of imide groups is 1. The van der Waals surface area contributed by atoms with Crippen molar-refractivity contribution in [3.05, 3.63) is 29.8 Å². The first-order valence-corrected chi connectivity index (χ1v) is 10.8. The van der Waals surface area contributed by atoms with Crippen molar-refractivity contribution in [3.63, 3.8) is 0 Å². The lowest BCUT2D eigenvalue weighted by Gasteiger charge is -2.24. The molecule has 1 saturated heterocycles. The van der Waals surface area contributed by atoms with Gasteiger partial charge in [0.15, 0.2) is 5.78 Å². The molecule has 27 heavy (non-hydrogen) atoms. The molecule has 9 heteroatoms. The number of carbonyl (C=O) groups is 3. The van der Waals surface area contributed by atoms with E-state index in [1.165, 1.54) is 24.3 Å². The summed E-state index contributed by atoms with van der Waals surface area (Å²) in [5.74, 6) is -0.701. The van der Waals surface area contributed by atoms with Crippen LogP contribution in [0.15, 0.2) is 24.3 Å². The van der Waals surface area contributed by atoms with Gasteiger partial charge in [-0.05, 0) is 37.1 Å². The van der Waals surface area contributed by atoms with Crippen molar-refractivity contribution in [3.8, 4) is 0 Å². The lowest BCUT2D eigenvalue weighted by Crippen LogP contribution is -2.46. The number of benzene rings is 1. The number of anilines is 1. The third-order valence-corrected chi connectivity index (χ3v) is 5.62. The van der Waals surface area contributed by atoms with Crippen LogP contribution in [0, 0.1) is 0 Å². The number of nitrogens with zero attached hydrogens (tertiary/aromatic N) is 1. The molecule has 0 aromatic heterocycles. The summed E-state index contributed by atoms with van der Waals surface area (Å²) < 4.78 is 24.8. The Labute approximate surface area is 158 Å². The summed E-state index contributed by atoms with van der Waals surface area (Å²) in [6.45, 7) is -0.328. The Morgan fingerprint density at radius 2 is 1.70 bits per heavy atom. The highest BCUT2D eigenvalue weighted by Gasteiger charge is 2.51. The van der Waals surface area contributed by atoms with Crippen molar-refractivity contribution in [1.29, 1.82) is 0 Å². The number of rotatable bonds is 5. The van der Waals surface area contributed by atoms with Crippen molar-refractivity contribution >= 4 is 33.4 Å². The molecular weight excluding hydrogens is 370 g/mol. The second kappa shape index (κ2) is 7.30. The van der Waals surface area contributed by atoms with Crippen molar-refractivity contribution < 1.29 is 22.8 Å². The standard InChI is InChI=1S/C18H23N3O5S/c1-27(25,26)20-14-8-6-13(7-9-14)15(22)12-21-16(23)18(19-17(21)24)10-4-2-3-5-11-18/h6-9,20H,2-5,10-12H2,1H3,(H,19,24). The average molecular weight is 393 g/mol. The number of hydrogen-bond donors (Lipinski definition) is 2. The molecule has 1 spiro atoms. The van der Waals surface area contributed by atoms with Crippen LogP contribution in [-0.4, -0.2) is 49.4 Å². The Balaban J connectivity index is 1.70. The fourth-order valence-electron chi connectivity index (χ4n) is 3.66. The fraction of sp³-hybridized carbons (Fsp3) is 0.500. The van der Waals surface area contributed by atoms with Crippen molar-refractivity contribution in [2.75, 3.05) is 17.5 Å². The van der Waals surface area contributed by atoms with Crippen molar-refractivity contribution in [2.45, 2.75) is 44.1 Å². The predicted molar refractivity (Wildman–Crippen MR) is 99.9 cm³/mol. The van der Waals surface area contributed by atoms with E-state index < -0.39 is 21.6 Å². The lowest BCUT2D eigenvalue weighted by molar-refractivity contribution is -0.131. The van der Waals surface area contributed by atoms with Crippen molar-refractivity contribution in [1.82, 2.24) is 10.2 Å². The first-order chi connectivity index (χ1) is 12.7. The van der Waals surface area contributed by atoms with Gasteiger partial charge in [0.1, 0.15) is 5.54 Å². The van der Waals surface area contributed by atoms with Crippen LogP contribution in [0.5, 0.6) is 0 Å². The summed E-state index contributed by atoms with van der Waals surface area (Å²) in [5.41, 5.74) is -0.227. The third-order valence-electron chi connectivity index (χ3n) is 5.01. The molecule has 0 bridgehead atoms. The molecule has 0 unspecified atom stereocenters. The molecule has 2 N–H and O–H groups in total. The lowest BCUT2D eigenvalue weighted by atomic mass is 9.90. The van der Waals surface area contributed by atoms with E-state index in [0.717, 1.165) is 36.8 Å². The van der Waals surface area contributed by atoms with E-state index in [4.69, 9.17) is 0 Å². The minimum atomic E-state index is -3.40. The van der Waals surface area contributed by atoms with Gasteiger partial charge in [0.25, 0.3) is 5.91 Å². The number of amides is 3. The Bertz CT molecular complexity index is 855. The quantitative estimate of drug-likeness (QED) is 0.586. The number of hydrogen-bond acceptors (Lipinski definition) is 5. The molecule has 3 amide bonds. The van der Waals surface area contributed by atoms with Crippen LogP contribution in [0.2, 0.25) is 0 Å². The summed E-state index contributed by atoms with van der Waals surface area (Å²) >= 11 is 0. The molecule has 8 nitrogen and oxygen atoms in total. The molecule has 2 aliphatic rings. The van der Waals surface area contributed by atoms with Gasteiger partial charge in [-0.1, -0.05) is 25.7 Å². The van der Waals surface area contributed by atoms with Gasteiger partial charge in [-0.3, -0.25) is 19.2 Å². The minimum absolute atomic E-state index is 0.302. The van der Waals surface area contributed by atoms with Crippen molar-refractivity contribution in [2.24, 2.45) is 0 Å². The summed E-state index contributed by atoms with van der Waals surface area (Å²) in [6.07, 6.45) is 6.08. The van der Waals surface area contributed by atoms with Gasteiger partial charge in [-0.2, -0.15) is 0 Å². The van der Waals surface area contributed by atoms with E-state index in [0.29, 0.717) is 24.1 Å². The Kier molecular flexibility index (Phi) is 5.23. The van der Waals surface area contributed by atoms with Crippen LogP contribution in [0.3, 0.4) is 0 Å². The summed E-state index contributed by atoms with van der Waals surface area (Å²) in [7, 11) is -3.40. The van der Waals surface area contributed by atoms with Gasteiger partial charge in [0, 0.05) is 11.3 Å². The molecule has 0 radical (unpaired) electrons. The second-order valence-corrected chi connectivity index (χ2v) is 8.94. The molecule has 3 rings (SSSR count). The highest BCUT2D eigenvalue weighted by molar-refractivity contribution is 7.92. The second-order valence-electron chi connectivity index (χ2n) is 7.19. The summed E-state index contributed by atoms with van der Waals surface area (Å²) in [5, 5.41) is 2.81. The number of Topliss-reactive ketones (excluding diaryl/α,β-unsaturated/α-hetero) is 1. The highest BCUT2D eigenvalue weighted by Crippen LogP contribution is 2.32. The zero-order chi connectivity index (χ0) is 19.7. The van der Waals surface area contributed by atoms with Crippen LogP contribution in [0.4, 0.5) is 10.5 Å². The number of ketones is 1. The predicted octanol–water partition coefficient (Wildman–Crippen LogP) is 1.89. The highest BCUT2D eigenvalue weighted by atomic mass is 32.2. The average Bonchev–Trinajstić information content (AvgIpc) is 2.76. The van der Waals surface area contributed by atoms with Crippen LogP contribution in [0.25, 0.3) is 0 Å². The van der Waals surface area contributed by atoms with Gasteiger partial charge in [0.05, 0.1) is 12.8 Å². The monoisotopic (exact) mass is 393 g/mol. The zero-order valence-electron chi connectivity index (χ0n) is 15.2. The SMILES string of the molecule is CS(=O)(=O)Nc1ccc(C(=O)CN2C(=O)NC3(CCCCCC3)C2=O)cc1. The van der Waals surface area contributed by atoms with E-state index in [-0.39, 0.29) is 18.2 Å². The number of carbonyl (C=O) groups excluding carboxylic acids is 3. The number of urea groups is 1. The maximum atomic E-state index is 12.8. The molecule has 1 aromatic rings. The molecule has 146 valence electrons. The van der Waals surface area contributed by atoms with Crippen LogP contribution in [-0.2, 0) is 14.8 Å². The topological polar surface area (TPSA) is 113 Å². The minimum Gasteiger partial charge on any atom is -0.323 e. The van der Waals surface area contributed by atoms with Crippen LogP contribution < -0.4 is 10.0 Å². The number of sulfonamides is 1. The Morgan fingerprint density at radius 3 is 2.26 bits per heavy atom. The smallest absolute Gasteiger partial charge is 0.323 e. The molecule has 1 heterocycles. The maximum Gasteiger partial charge on any atom is 0.325 e. The van der Waals surface area contributed by atoms with Crippen LogP contribution in [0.1, 0.15) is 48.9 Å². The first kappa shape index (κ1) is 19.3. The maximum absolute atomic E-state index is 12.8. The van der Waals surface area contributed by atoms with E-state index in [1.54, 1.807) is 0 Å². The van der Waals surface area contributed by atoms with E-state index in [9.17, 15) is 22.8 Å². The molecule has 2 fully saturated rings. The first-order valence-electron chi connectivity index (χ1n) is 8.95. The summed E-state index contributed by atoms with van der Waals surface area (Å²) in [6, 6.07) is 5.34. The molecule has 0 atom stereocenters. The molecule has 1 aliphatic carbocycles. The molecule has 1 saturated carbocycles. The third kappa shape index (κ3) is 4.29. The largest absolute Gasteiger partial charge is 0.325 e. The molecule has 1 aromatic carbocycles. The van der Waals surface area contributed by atoms with Gasteiger partial charge >= 0.3 is 6.03 Å². The van der Waals surface area contributed by atoms with Gasteiger partial charge < -0.3 is 5.32 Å². The molecular formula is C18H23N3O5S. The van der Waals surface area contributed by atoms with Gasteiger partial charge in [-0.25, -0.2) is 13.2 Å². The zero-order valence-corrected chi connectivity index (χ0v) is 16.0. The Hall–Kier alpha value is -2.42. The Morgan fingerprint density at radius 1 is 1.11 bits per heavy atom. The van der Waals surface area contributed by atoms with Crippen LogP contribution >= 0.6 is 0 Å². The summed E-state index contributed by atoms with van der Waals surface area (Å²) in [4.78, 5) is 38.7. The normalized spacial score (nSPS) is 19.7. The van der Waals surface area contributed by atoms with E-state index >= 15 is 0 Å². The fourth-order valence-corrected chi connectivity index (χ4v) is 4.23. The van der Waals surface area contributed by atoms with E-state index in [2.05, 4.69) is 10.0 Å². The van der Waals surface area contributed by atoms with E-state index in [1.807, 2.05) is 0 Å². The van der Waals surface area contributed by atoms with Gasteiger partial charge in [0.2, 0.25) is 10.0 Å². The van der Waals surface area contributed by atoms with Gasteiger partial charge in [-0.15, -0.1) is 0 Å². The molecule has 1 aliphatic heterocycles. The number of nitrogens with one attached hydrogen (secondary N) is 2.